The fraction of sp³-hybridized carbons (Fsp3) is 0.318. The first-order valence-corrected chi connectivity index (χ1v) is 9.17. The van der Waals surface area contributed by atoms with Crippen molar-refractivity contribution in [2.24, 2.45) is 0 Å². The number of aromatic nitrogens is 1. The number of carbonyl (C=O) groups is 1. The van der Waals surface area contributed by atoms with E-state index in [-0.39, 0.29) is 12.3 Å². The highest BCUT2D eigenvalue weighted by molar-refractivity contribution is 5.88. The molecule has 0 unspecified atom stereocenters. The number of likely N-dealkylation sites (N-methyl/N-ethyl adjacent to an activating group) is 1. The van der Waals surface area contributed by atoms with Gasteiger partial charge >= 0.3 is 0 Å². The van der Waals surface area contributed by atoms with Gasteiger partial charge in [0.25, 0.3) is 0 Å². The second-order valence-electron chi connectivity index (χ2n) is 6.64. The van der Waals surface area contributed by atoms with Crippen LogP contribution in [0.3, 0.4) is 0 Å². The van der Waals surface area contributed by atoms with E-state index >= 15 is 0 Å². The number of ether oxygens (including phenoxy) is 3. The van der Waals surface area contributed by atoms with Crippen molar-refractivity contribution < 1.29 is 19.0 Å². The summed E-state index contributed by atoms with van der Waals surface area (Å²) < 4.78 is 16.3. The second-order valence-corrected chi connectivity index (χ2v) is 6.64. The summed E-state index contributed by atoms with van der Waals surface area (Å²) in [6.07, 6.45) is -0.168. The number of amides is 1. The van der Waals surface area contributed by atoms with Crippen LogP contribution in [0.5, 0.6) is 5.75 Å². The Morgan fingerprint density at radius 2 is 1.82 bits per heavy atom. The van der Waals surface area contributed by atoms with Crippen molar-refractivity contribution in [1.82, 2.24) is 9.88 Å². The highest BCUT2D eigenvalue weighted by Crippen LogP contribution is 2.27. The summed E-state index contributed by atoms with van der Waals surface area (Å²) in [5.74, 6) is 0.779. The molecular formula is C22H26N2O4. The monoisotopic (exact) mass is 382 g/mol. The van der Waals surface area contributed by atoms with Crippen LogP contribution >= 0.6 is 0 Å². The van der Waals surface area contributed by atoms with Gasteiger partial charge in [0.2, 0.25) is 5.91 Å². The Bertz CT molecular complexity index is 903. The van der Waals surface area contributed by atoms with E-state index in [2.05, 4.69) is 4.98 Å². The molecule has 0 spiro atoms. The third-order valence-corrected chi connectivity index (χ3v) is 4.63. The fourth-order valence-electron chi connectivity index (χ4n) is 3.01. The van der Waals surface area contributed by atoms with Crippen molar-refractivity contribution in [3.05, 3.63) is 65.9 Å². The summed E-state index contributed by atoms with van der Waals surface area (Å²) in [7, 11) is 4.85. The molecule has 0 bridgehead atoms. The van der Waals surface area contributed by atoms with Crippen molar-refractivity contribution in [2.75, 3.05) is 27.8 Å². The van der Waals surface area contributed by atoms with E-state index in [1.54, 1.807) is 26.2 Å². The van der Waals surface area contributed by atoms with Gasteiger partial charge in [-0.3, -0.25) is 4.79 Å². The maximum absolute atomic E-state index is 12.5. The van der Waals surface area contributed by atoms with Crippen molar-refractivity contribution in [3.8, 4) is 5.75 Å². The Balaban J connectivity index is 1.69. The van der Waals surface area contributed by atoms with Gasteiger partial charge in [0.05, 0.1) is 13.0 Å². The van der Waals surface area contributed by atoms with Crippen molar-refractivity contribution in [2.45, 2.75) is 19.3 Å². The zero-order valence-electron chi connectivity index (χ0n) is 16.5. The Kier molecular flexibility index (Phi) is 6.68. The molecule has 6 heteroatoms. The van der Waals surface area contributed by atoms with Gasteiger partial charge < -0.3 is 24.1 Å². The maximum atomic E-state index is 12.5. The second kappa shape index (κ2) is 9.39. The number of aromatic amines is 1. The molecule has 3 aromatic rings. The van der Waals surface area contributed by atoms with Crippen LogP contribution < -0.4 is 4.74 Å². The molecule has 2 aromatic carbocycles. The van der Waals surface area contributed by atoms with Gasteiger partial charge in [-0.25, -0.2) is 0 Å². The van der Waals surface area contributed by atoms with Crippen LogP contribution in [0.25, 0.3) is 10.9 Å². The molecular weight excluding hydrogens is 356 g/mol. The van der Waals surface area contributed by atoms with Gasteiger partial charge in [-0.1, -0.05) is 36.4 Å². The standard InChI is InChI=1S/C22H26N2O4/c1-24(14-22(26-2)27-3)21(25)13-17-12-18-19(23-17)10-7-11-20(18)28-15-16-8-5-4-6-9-16/h4-12,22-23H,13-15H2,1-3H3. The number of rotatable bonds is 9. The lowest BCUT2D eigenvalue weighted by Crippen LogP contribution is -2.36. The van der Waals surface area contributed by atoms with E-state index in [9.17, 15) is 4.79 Å². The highest BCUT2D eigenvalue weighted by atomic mass is 16.7. The minimum absolute atomic E-state index is 0.0163. The predicted octanol–water partition coefficient (Wildman–Crippen LogP) is 3.37. The van der Waals surface area contributed by atoms with Crippen LogP contribution in [0, 0.1) is 0 Å². The number of nitrogens with zero attached hydrogens (tertiary/aromatic N) is 1. The molecule has 0 fully saturated rings. The average molecular weight is 382 g/mol. The lowest BCUT2D eigenvalue weighted by Gasteiger charge is -2.22. The highest BCUT2D eigenvalue weighted by Gasteiger charge is 2.16. The Morgan fingerprint density at radius 3 is 2.54 bits per heavy atom. The van der Waals surface area contributed by atoms with E-state index in [0.29, 0.717) is 13.2 Å². The average Bonchev–Trinajstić information content (AvgIpc) is 3.13. The third-order valence-electron chi connectivity index (χ3n) is 4.63. The lowest BCUT2D eigenvalue weighted by molar-refractivity contribution is -0.142. The molecule has 1 N–H and O–H groups in total. The Morgan fingerprint density at radius 1 is 1.07 bits per heavy atom. The number of benzene rings is 2. The predicted molar refractivity (Wildman–Crippen MR) is 108 cm³/mol. The molecule has 6 nitrogen and oxygen atoms in total. The molecule has 28 heavy (non-hydrogen) atoms. The SMILES string of the molecule is COC(CN(C)C(=O)Cc1cc2c(OCc3ccccc3)cccc2[nH]1)OC. The van der Waals surface area contributed by atoms with Crippen LogP contribution in [-0.2, 0) is 27.3 Å². The zero-order valence-corrected chi connectivity index (χ0v) is 16.5. The Labute approximate surface area is 165 Å². The number of nitrogens with one attached hydrogen (secondary N) is 1. The van der Waals surface area contributed by atoms with Crippen molar-refractivity contribution in [3.63, 3.8) is 0 Å². The minimum Gasteiger partial charge on any atom is -0.488 e. The van der Waals surface area contributed by atoms with Gasteiger partial charge in [0.15, 0.2) is 6.29 Å². The van der Waals surface area contributed by atoms with E-state index in [4.69, 9.17) is 14.2 Å². The molecule has 0 saturated heterocycles. The number of carbonyl (C=O) groups excluding carboxylic acids is 1. The Hall–Kier alpha value is -2.83. The molecule has 1 amide bonds. The number of methoxy groups -OCH3 is 2. The summed E-state index contributed by atoms with van der Waals surface area (Å²) in [4.78, 5) is 17.4. The molecule has 1 aromatic heterocycles. The first-order valence-electron chi connectivity index (χ1n) is 9.17. The molecule has 3 rings (SSSR count). The smallest absolute Gasteiger partial charge is 0.228 e. The summed E-state index contributed by atoms with van der Waals surface area (Å²) in [6.45, 7) is 0.870. The fourth-order valence-corrected chi connectivity index (χ4v) is 3.01. The largest absolute Gasteiger partial charge is 0.488 e. The van der Waals surface area contributed by atoms with E-state index in [0.717, 1.165) is 27.9 Å². The van der Waals surface area contributed by atoms with Gasteiger partial charge in [0, 0.05) is 37.9 Å². The number of fused-ring (bicyclic) bond motifs is 1. The molecule has 1 heterocycles. The first-order chi connectivity index (χ1) is 13.6. The molecule has 0 aliphatic heterocycles. The quantitative estimate of drug-likeness (QED) is 0.577. The molecule has 0 atom stereocenters. The third kappa shape index (κ3) is 4.91. The normalized spacial score (nSPS) is 11.1. The van der Waals surface area contributed by atoms with E-state index in [1.165, 1.54) is 0 Å². The topological polar surface area (TPSA) is 63.8 Å². The van der Waals surface area contributed by atoms with E-state index in [1.807, 2.05) is 54.6 Å². The first kappa shape index (κ1) is 19.9. The summed E-state index contributed by atoms with van der Waals surface area (Å²) in [6, 6.07) is 17.9. The molecule has 0 saturated carbocycles. The van der Waals surface area contributed by atoms with Crippen LogP contribution in [0.15, 0.2) is 54.6 Å². The van der Waals surface area contributed by atoms with Gasteiger partial charge in [-0.05, 0) is 23.8 Å². The number of hydrogen-bond donors (Lipinski definition) is 1. The van der Waals surface area contributed by atoms with E-state index < -0.39 is 6.29 Å². The van der Waals surface area contributed by atoms with Crippen LogP contribution in [0.1, 0.15) is 11.3 Å². The molecule has 148 valence electrons. The van der Waals surface area contributed by atoms with Crippen LogP contribution in [-0.4, -0.2) is 49.9 Å². The van der Waals surface area contributed by atoms with Gasteiger partial charge in [-0.15, -0.1) is 0 Å². The number of hydrogen-bond acceptors (Lipinski definition) is 4. The van der Waals surface area contributed by atoms with Crippen molar-refractivity contribution >= 4 is 16.8 Å². The van der Waals surface area contributed by atoms with Gasteiger partial charge in [-0.2, -0.15) is 0 Å². The van der Waals surface area contributed by atoms with Crippen LogP contribution in [0.4, 0.5) is 0 Å². The van der Waals surface area contributed by atoms with Crippen LogP contribution in [0.2, 0.25) is 0 Å². The molecule has 0 aliphatic rings. The maximum Gasteiger partial charge on any atom is 0.228 e. The molecule has 0 aliphatic carbocycles. The minimum atomic E-state index is -0.436. The zero-order chi connectivity index (χ0) is 19.9. The van der Waals surface area contributed by atoms with Crippen molar-refractivity contribution in [1.29, 1.82) is 0 Å². The number of H-pyrrole nitrogens is 1. The van der Waals surface area contributed by atoms with Gasteiger partial charge in [0.1, 0.15) is 12.4 Å². The summed E-state index contributed by atoms with van der Waals surface area (Å²) >= 11 is 0. The summed E-state index contributed by atoms with van der Waals surface area (Å²) in [5, 5.41) is 0.968. The summed E-state index contributed by atoms with van der Waals surface area (Å²) in [5.41, 5.74) is 2.90. The lowest BCUT2D eigenvalue weighted by atomic mass is 10.2. The molecule has 0 radical (unpaired) electrons.